The molecule has 1 heterocycles. The van der Waals surface area contributed by atoms with Crippen LogP contribution in [-0.4, -0.2) is 32.6 Å². The molecule has 4 nitrogen and oxygen atoms in total. The van der Waals surface area contributed by atoms with E-state index in [9.17, 15) is 4.79 Å². The average molecular weight is 146 g/mol. The van der Waals surface area contributed by atoms with E-state index in [-0.39, 0.29) is 12.9 Å². The lowest BCUT2D eigenvalue weighted by atomic mass is 10.4. The molecule has 10 heavy (non-hydrogen) atoms. The summed E-state index contributed by atoms with van der Waals surface area (Å²) in [6, 6.07) is 0. The van der Waals surface area contributed by atoms with Crippen molar-refractivity contribution in [3.63, 3.8) is 0 Å². The van der Waals surface area contributed by atoms with Crippen LogP contribution in [-0.2, 0) is 19.0 Å². The third-order valence-electron chi connectivity index (χ3n) is 1.20. The first kappa shape index (κ1) is 7.50. The van der Waals surface area contributed by atoms with Crippen LogP contribution < -0.4 is 0 Å². The van der Waals surface area contributed by atoms with Gasteiger partial charge in [0.05, 0.1) is 13.2 Å². The van der Waals surface area contributed by atoms with E-state index in [4.69, 9.17) is 9.47 Å². The monoisotopic (exact) mass is 146 g/mol. The van der Waals surface area contributed by atoms with Crippen LogP contribution in [0.3, 0.4) is 0 Å². The van der Waals surface area contributed by atoms with Crippen molar-refractivity contribution in [2.45, 2.75) is 12.7 Å². The molecule has 0 aromatic rings. The second-order valence-corrected chi connectivity index (χ2v) is 1.95. The van der Waals surface area contributed by atoms with Crippen LogP contribution in [0.1, 0.15) is 6.42 Å². The highest BCUT2D eigenvalue weighted by molar-refractivity contribution is 5.36. The Morgan fingerprint density at radius 1 is 1.50 bits per heavy atom. The molecular weight excluding hydrogens is 136 g/mol. The Kier molecular flexibility index (Phi) is 3.18. The summed E-state index contributed by atoms with van der Waals surface area (Å²) in [5.41, 5.74) is 0. The van der Waals surface area contributed by atoms with E-state index >= 15 is 0 Å². The van der Waals surface area contributed by atoms with Crippen molar-refractivity contribution < 1.29 is 19.0 Å². The van der Waals surface area contributed by atoms with Crippen LogP contribution in [0.2, 0.25) is 0 Å². The summed E-state index contributed by atoms with van der Waals surface area (Å²) in [7, 11) is 0. The molecule has 0 aromatic heterocycles. The lowest BCUT2D eigenvalue weighted by Gasteiger charge is -2.21. The van der Waals surface area contributed by atoms with E-state index in [1.165, 1.54) is 0 Å². The molecule has 0 amide bonds. The van der Waals surface area contributed by atoms with Gasteiger partial charge in [-0.2, -0.15) is 0 Å². The van der Waals surface area contributed by atoms with Crippen molar-refractivity contribution in [2.24, 2.45) is 0 Å². The van der Waals surface area contributed by atoms with Crippen molar-refractivity contribution >= 4 is 6.47 Å². The van der Waals surface area contributed by atoms with Crippen LogP contribution in [0.25, 0.3) is 0 Å². The van der Waals surface area contributed by atoms with E-state index in [2.05, 4.69) is 4.74 Å². The molecule has 1 fully saturated rings. The second-order valence-electron chi connectivity index (χ2n) is 1.95. The molecule has 0 saturated carbocycles. The maximum Gasteiger partial charge on any atom is 0.293 e. The van der Waals surface area contributed by atoms with Gasteiger partial charge in [-0.05, 0) is 6.42 Å². The van der Waals surface area contributed by atoms with E-state index in [1.54, 1.807) is 0 Å². The summed E-state index contributed by atoms with van der Waals surface area (Å²) in [5.74, 6) is 0. The zero-order valence-corrected chi connectivity index (χ0v) is 5.62. The molecule has 4 heteroatoms. The van der Waals surface area contributed by atoms with Crippen molar-refractivity contribution in [3.05, 3.63) is 0 Å². The van der Waals surface area contributed by atoms with Crippen molar-refractivity contribution in [3.8, 4) is 0 Å². The van der Waals surface area contributed by atoms with Gasteiger partial charge in [0, 0.05) is 0 Å². The molecule has 1 saturated heterocycles. The van der Waals surface area contributed by atoms with Gasteiger partial charge in [0.15, 0.2) is 6.29 Å². The Morgan fingerprint density at radius 2 is 2.20 bits per heavy atom. The highest BCUT2D eigenvalue weighted by Crippen LogP contribution is 2.03. The molecule has 0 bridgehead atoms. The number of carbonyl (C=O) groups is 1. The first-order valence-electron chi connectivity index (χ1n) is 3.22. The molecule has 0 N–H and O–H groups in total. The van der Waals surface area contributed by atoms with Gasteiger partial charge < -0.3 is 14.2 Å². The van der Waals surface area contributed by atoms with Crippen LogP contribution >= 0.6 is 0 Å². The Morgan fingerprint density at radius 3 is 2.80 bits per heavy atom. The molecule has 0 unspecified atom stereocenters. The normalized spacial score (nSPS) is 20.4. The number of rotatable bonds is 3. The van der Waals surface area contributed by atoms with E-state index < -0.39 is 0 Å². The van der Waals surface area contributed by atoms with Gasteiger partial charge in [-0.1, -0.05) is 0 Å². The van der Waals surface area contributed by atoms with Crippen molar-refractivity contribution in [2.75, 3.05) is 19.8 Å². The molecule has 0 atom stereocenters. The van der Waals surface area contributed by atoms with Gasteiger partial charge in [0.1, 0.15) is 6.61 Å². The van der Waals surface area contributed by atoms with Gasteiger partial charge in [0.25, 0.3) is 6.47 Å². The number of hydrogen-bond acceptors (Lipinski definition) is 4. The fourth-order valence-electron chi connectivity index (χ4n) is 0.751. The Labute approximate surface area is 59.1 Å². The minimum Gasteiger partial charge on any atom is -0.462 e. The van der Waals surface area contributed by atoms with Gasteiger partial charge >= 0.3 is 0 Å². The van der Waals surface area contributed by atoms with Crippen LogP contribution in [0, 0.1) is 0 Å². The predicted molar refractivity (Wildman–Crippen MR) is 32.3 cm³/mol. The summed E-state index contributed by atoms with van der Waals surface area (Å²) >= 11 is 0. The topological polar surface area (TPSA) is 44.8 Å². The summed E-state index contributed by atoms with van der Waals surface area (Å²) in [4.78, 5) is 9.71. The largest absolute Gasteiger partial charge is 0.462 e. The third kappa shape index (κ3) is 2.33. The quantitative estimate of drug-likeness (QED) is 0.522. The van der Waals surface area contributed by atoms with Crippen LogP contribution in [0.4, 0.5) is 0 Å². The van der Waals surface area contributed by atoms with Crippen molar-refractivity contribution in [1.82, 2.24) is 0 Å². The highest BCUT2D eigenvalue weighted by Gasteiger charge is 2.13. The Bertz CT molecular complexity index is 97.9. The van der Waals surface area contributed by atoms with Crippen LogP contribution in [0.15, 0.2) is 0 Å². The maximum absolute atomic E-state index is 9.71. The SMILES string of the molecule is O=COCC1OCCCO1. The van der Waals surface area contributed by atoms with Crippen LogP contribution in [0.5, 0.6) is 0 Å². The Balaban J connectivity index is 2.07. The highest BCUT2D eigenvalue weighted by atomic mass is 16.7. The smallest absolute Gasteiger partial charge is 0.293 e. The van der Waals surface area contributed by atoms with Gasteiger partial charge in [-0.15, -0.1) is 0 Å². The standard InChI is InChI=1S/C6H10O4/c7-5-8-4-6-9-2-1-3-10-6/h5-6H,1-4H2. The summed E-state index contributed by atoms with van der Waals surface area (Å²) in [6.07, 6.45) is 0.566. The summed E-state index contributed by atoms with van der Waals surface area (Å²) in [6.45, 7) is 1.96. The third-order valence-corrected chi connectivity index (χ3v) is 1.20. The van der Waals surface area contributed by atoms with E-state index in [1.807, 2.05) is 0 Å². The molecule has 0 aliphatic carbocycles. The molecule has 0 spiro atoms. The Hall–Kier alpha value is -0.610. The maximum atomic E-state index is 9.71. The molecular formula is C6H10O4. The zero-order chi connectivity index (χ0) is 7.23. The van der Waals surface area contributed by atoms with E-state index in [0.29, 0.717) is 19.7 Å². The minimum absolute atomic E-state index is 0.198. The molecule has 1 aliphatic rings. The number of hydrogen-bond donors (Lipinski definition) is 0. The second kappa shape index (κ2) is 4.24. The van der Waals surface area contributed by atoms with Gasteiger partial charge in [-0.25, -0.2) is 0 Å². The fraction of sp³-hybridized carbons (Fsp3) is 0.833. The predicted octanol–water partition coefficient (Wildman–Crippen LogP) is -0.0776. The lowest BCUT2D eigenvalue weighted by molar-refractivity contribution is -0.200. The average Bonchev–Trinajstić information content (AvgIpc) is 2.03. The lowest BCUT2D eigenvalue weighted by Crippen LogP contribution is -2.29. The summed E-state index contributed by atoms with van der Waals surface area (Å²) < 4.78 is 14.6. The molecule has 0 radical (unpaired) electrons. The fourth-order valence-corrected chi connectivity index (χ4v) is 0.751. The number of ether oxygens (including phenoxy) is 3. The molecule has 58 valence electrons. The van der Waals surface area contributed by atoms with Gasteiger partial charge in [-0.3, -0.25) is 4.79 Å². The van der Waals surface area contributed by atoms with E-state index in [0.717, 1.165) is 6.42 Å². The first-order chi connectivity index (χ1) is 4.93. The summed E-state index contributed by atoms with van der Waals surface area (Å²) in [5, 5.41) is 0. The zero-order valence-electron chi connectivity index (χ0n) is 5.62. The molecule has 1 aliphatic heterocycles. The van der Waals surface area contributed by atoms with Crippen molar-refractivity contribution in [1.29, 1.82) is 0 Å². The molecule has 1 rings (SSSR count). The molecule has 0 aromatic carbocycles. The first-order valence-corrected chi connectivity index (χ1v) is 3.22. The number of carbonyl (C=O) groups excluding carboxylic acids is 1. The minimum atomic E-state index is -0.348. The van der Waals surface area contributed by atoms with Gasteiger partial charge in [0.2, 0.25) is 0 Å².